The number of benzene rings is 1. The zero-order valence-corrected chi connectivity index (χ0v) is 11.3. The average Bonchev–Trinajstić information content (AvgIpc) is 2.18. The van der Waals surface area contributed by atoms with Crippen LogP contribution in [0.4, 0.5) is 0 Å². The van der Waals surface area contributed by atoms with Crippen molar-refractivity contribution >= 4 is 15.9 Å². The van der Waals surface area contributed by atoms with Crippen LogP contribution in [0.1, 0.15) is 31.9 Å². The van der Waals surface area contributed by atoms with Crippen LogP contribution in [0.25, 0.3) is 0 Å². The van der Waals surface area contributed by atoms with E-state index in [4.69, 9.17) is 0 Å². The standard InChI is InChI=1S/C14H19Br/c1-4-6-11(3)9-12-7-8-13(5-2)14(15)10-12/h4,6-8,10-11H,5,9H2,1-3H3/b6-4-. The lowest BCUT2D eigenvalue weighted by molar-refractivity contribution is 0.722. The van der Waals surface area contributed by atoms with Gasteiger partial charge < -0.3 is 0 Å². The molecular weight excluding hydrogens is 248 g/mol. The van der Waals surface area contributed by atoms with E-state index < -0.39 is 0 Å². The summed E-state index contributed by atoms with van der Waals surface area (Å²) in [5.74, 6) is 0.620. The predicted molar refractivity (Wildman–Crippen MR) is 71.2 cm³/mol. The molecule has 0 aliphatic rings. The van der Waals surface area contributed by atoms with Gasteiger partial charge in [0.05, 0.1) is 0 Å². The summed E-state index contributed by atoms with van der Waals surface area (Å²) >= 11 is 3.62. The predicted octanol–water partition coefficient (Wildman–Crippen LogP) is 4.77. The van der Waals surface area contributed by atoms with Crippen molar-refractivity contribution in [2.75, 3.05) is 0 Å². The van der Waals surface area contributed by atoms with Gasteiger partial charge in [-0.2, -0.15) is 0 Å². The van der Waals surface area contributed by atoms with E-state index in [2.05, 4.69) is 67.1 Å². The molecule has 1 atom stereocenters. The molecule has 1 rings (SSSR count). The molecule has 0 saturated heterocycles. The van der Waals surface area contributed by atoms with Crippen LogP contribution in [0.5, 0.6) is 0 Å². The Bertz CT molecular complexity index is 339. The van der Waals surface area contributed by atoms with Crippen molar-refractivity contribution < 1.29 is 0 Å². The van der Waals surface area contributed by atoms with Gasteiger partial charge in [-0.25, -0.2) is 0 Å². The van der Waals surface area contributed by atoms with E-state index in [0.29, 0.717) is 5.92 Å². The van der Waals surface area contributed by atoms with Crippen molar-refractivity contribution in [2.45, 2.75) is 33.6 Å². The molecular formula is C14H19Br. The SMILES string of the molecule is C/C=C\C(C)Cc1ccc(CC)c(Br)c1. The van der Waals surface area contributed by atoms with Crippen LogP contribution >= 0.6 is 15.9 Å². The molecule has 0 N–H and O–H groups in total. The van der Waals surface area contributed by atoms with Crippen molar-refractivity contribution in [3.8, 4) is 0 Å². The molecule has 1 heteroatoms. The van der Waals surface area contributed by atoms with Gasteiger partial charge in [0.1, 0.15) is 0 Å². The quantitative estimate of drug-likeness (QED) is 0.689. The zero-order chi connectivity index (χ0) is 11.3. The number of allylic oxidation sites excluding steroid dienone is 2. The molecule has 0 fully saturated rings. The molecule has 0 radical (unpaired) electrons. The van der Waals surface area contributed by atoms with Crippen molar-refractivity contribution in [3.63, 3.8) is 0 Å². The molecule has 0 bridgehead atoms. The Morgan fingerprint density at radius 2 is 2.13 bits per heavy atom. The molecule has 0 aromatic heterocycles. The lowest BCUT2D eigenvalue weighted by Crippen LogP contribution is -1.96. The Morgan fingerprint density at radius 3 is 2.67 bits per heavy atom. The fourth-order valence-electron chi connectivity index (χ4n) is 1.77. The largest absolute Gasteiger partial charge is 0.0914 e. The number of halogens is 1. The monoisotopic (exact) mass is 266 g/mol. The summed E-state index contributed by atoms with van der Waals surface area (Å²) in [5, 5.41) is 0. The van der Waals surface area contributed by atoms with Crippen LogP contribution in [0.3, 0.4) is 0 Å². The van der Waals surface area contributed by atoms with Crippen LogP contribution in [0.2, 0.25) is 0 Å². The maximum absolute atomic E-state index is 3.62. The van der Waals surface area contributed by atoms with Crippen molar-refractivity contribution in [1.29, 1.82) is 0 Å². The molecule has 0 spiro atoms. The third-order valence-electron chi connectivity index (χ3n) is 2.58. The summed E-state index contributed by atoms with van der Waals surface area (Å²) in [6.07, 6.45) is 6.58. The van der Waals surface area contributed by atoms with Crippen molar-refractivity contribution in [2.24, 2.45) is 5.92 Å². The molecule has 1 unspecified atom stereocenters. The van der Waals surface area contributed by atoms with Crippen molar-refractivity contribution in [3.05, 3.63) is 46.0 Å². The number of rotatable bonds is 4. The fourth-order valence-corrected chi connectivity index (χ4v) is 2.48. The Kier molecular flexibility index (Phi) is 5.10. The molecule has 15 heavy (non-hydrogen) atoms. The minimum Gasteiger partial charge on any atom is -0.0914 e. The molecule has 82 valence electrons. The first-order valence-electron chi connectivity index (χ1n) is 5.57. The molecule has 0 nitrogen and oxygen atoms in total. The van der Waals surface area contributed by atoms with Crippen LogP contribution in [-0.4, -0.2) is 0 Å². The molecule has 0 amide bonds. The summed E-state index contributed by atoms with van der Waals surface area (Å²) in [6.45, 7) is 6.51. The molecule has 1 aromatic carbocycles. The smallest absolute Gasteiger partial charge is 0.0209 e. The second kappa shape index (κ2) is 6.12. The Balaban J connectivity index is 2.75. The van der Waals surface area contributed by atoms with Gasteiger partial charge in [0.25, 0.3) is 0 Å². The topological polar surface area (TPSA) is 0 Å². The first-order chi connectivity index (χ1) is 7.17. The lowest BCUT2D eigenvalue weighted by Gasteiger charge is -2.08. The minimum atomic E-state index is 0.620. The second-order valence-corrected chi connectivity index (χ2v) is 4.84. The maximum atomic E-state index is 3.62. The highest BCUT2D eigenvalue weighted by molar-refractivity contribution is 9.10. The Morgan fingerprint density at radius 1 is 1.40 bits per heavy atom. The highest BCUT2D eigenvalue weighted by Gasteiger charge is 2.02. The minimum absolute atomic E-state index is 0.620. The van der Waals surface area contributed by atoms with Gasteiger partial charge in [-0.05, 0) is 42.9 Å². The molecule has 0 aliphatic carbocycles. The van der Waals surface area contributed by atoms with E-state index in [1.54, 1.807) is 0 Å². The lowest BCUT2D eigenvalue weighted by atomic mass is 9.99. The molecule has 1 aromatic rings. The Hall–Kier alpha value is -0.560. The third-order valence-corrected chi connectivity index (χ3v) is 3.32. The van der Waals surface area contributed by atoms with E-state index in [0.717, 1.165) is 12.8 Å². The number of hydrogen-bond acceptors (Lipinski definition) is 0. The average molecular weight is 267 g/mol. The van der Waals surface area contributed by atoms with Crippen LogP contribution < -0.4 is 0 Å². The summed E-state index contributed by atoms with van der Waals surface area (Å²) in [5.41, 5.74) is 2.79. The summed E-state index contributed by atoms with van der Waals surface area (Å²) in [7, 11) is 0. The third kappa shape index (κ3) is 3.83. The van der Waals surface area contributed by atoms with E-state index in [9.17, 15) is 0 Å². The second-order valence-electron chi connectivity index (χ2n) is 3.99. The number of hydrogen-bond donors (Lipinski definition) is 0. The number of aryl methyl sites for hydroxylation is 1. The molecule has 0 aliphatic heterocycles. The fraction of sp³-hybridized carbons (Fsp3) is 0.429. The van der Waals surface area contributed by atoms with Crippen molar-refractivity contribution in [1.82, 2.24) is 0 Å². The van der Waals surface area contributed by atoms with Gasteiger partial charge in [0.2, 0.25) is 0 Å². The summed E-state index contributed by atoms with van der Waals surface area (Å²) < 4.78 is 1.25. The maximum Gasteiger partial charge on any atom is 0.0209 e. The highest BCUT2D eigenvalue weighted by atomic mass is 79.9. The van der Waals surface area contributed by atoms with Gasteiger partial charge in [0.15, 0.2) is 0 Å². The van der Waals surface area contributed by atoms with Gasteiger partial charge in [-0.3, -0.25) is 0 Å². The van der Waals surface area contributed by atoms with Crippen LogP contribution in [-0.2, 0) is 12.8 Å². The van der Waals surface area contributed by atoms with Gasteiger partial charge >= 0.3 is 0 Å². The van der Waals surface area contributed by atoms with E-state index in [-0.39, 0.29) is 0 Å². The first kappa shape index (κ1) is 12.5. The van der Waals surface area contributed by atoms with Gasteiger partial charge in [-0.1, -0.05) is 54.1 Å². The Labute approximate surface area is 102 Å². The van der Waals surface area contributed by atoms with Crippen LogP contribution in [0, 0.1) is 5.92 Å². The van der Waals surface area contributed by atoms with E-state index >= 15 is 0 Å². The summed E-state index contributed by atoms with van der Waals surface area (Å²) in [4.78, 5) is 0. The van der Waals surface area contributed by atoms with Crippen LogP contribution in [0.15, 0.2) is 34.8 Å². The van der Waals surface area contributed by atoms with E-state index in [1.807, 2.05) is 0 Å². The van der Waals surface area contributed by atoms with Gasteiger partial charge in [-0.15, -0.1) is 0 Å². The van der Waals surface area contributed by atoms with Gasteiger partial charge in [0, 0.05) is 4.47 Å². The summed E-state index contributed by atoms with van der Waals surface area (Å²) in [6, 6.07) is 6.71. The van der Waals surface area contributed by atoms with E-state index in [1.165, 1.54) is 15.6 Å². The molecule has 0 heterocycles. The normalized spacial score (nSPS) is 13.3. The highest BCUT2D eigenvalue weighted by Crippen LogP contribution is 2.21. The zero-order valence-electron chi connectivity index (χ0n) is 9.76. The first-order valence-corrected chi connectivity index (χ1v) is 6.36. The molecule has 0 saturated carbocycles.